The van der Waals surface area contributed by atoms with Gasteiger partial charge in [-0.05, 0) is 17.7 Å². The van der Waals surface area contributed by atoms with Gasteiger partial charge in [0.05, 0.1) is 5.75 Å². The lowest BCUT2D eigenvalue weighted by Gasteiger charge is -2.06. The predicted octanol–water partition coefficient (Wildman–Crippen LogP) is 1.84. The first-order chi connectivity index (χ1) is 10.1. The molecule has 110 valence electrons. The van der Waals surface area contributed by atoms with Crippen LogP contribution in [0, 0.1) is 0 Å². The Bertz CT molecular complexity index is 632. The molecule has 0 saturated heterocycles. The molecular formula is C13H14FN5OS. The summed E-state index contributed by atoms with van der Waals surface area (Å²) in [7, 11) is 0. The van der Waals surface area contributed by atoms with E-state index in [1.54, 1.807) is 24.3 Å². The van der Waals surface area contributed by atoms with Gasteiger partial charge in [0.25, 0.3) is 0 Å². The van der Waals surface area contributed by atoms with Crippen LogP contribution in [0.4, 0.5) is 21.8 Å². The molecule has 1 amide bonds. The molecule has 0 fully saturated rings. The normalized spacial score (nSPS) is 10.3. The number of nitrogen functional groups attached to an aromatic ring is 2. The molecule has 8 heteroatoms. The van der Waals surface area contributed by atoms with Crippen molar-refractivity contribution in [3.8, 4) is 0 Å². The average Bonchev–Trinajstić information content (AvgIpc) is 2.44. The fourth-order valence-electron chi connectivity index (χ4n) is 1.60. The summed E-state index contributed by atoms with van der Waals surface area (Å²) in [6.07, 6.45) is 0. The number of carbonyl (C=O) groups is 1. The molecule has 1 aromatic carbocycles. The summed E-state index contributed by atoms with van der Waals surface area (Å²) in [5.41, 5.74) is 12.1. The van der Waals surface area contributed by atoms with Gasteiger partial charge in [-0.15, -0.1) is 0 Å². The van der Waals surface area contributed by atoms with E-state index in [-0.39, 0.29) is 23.4 Å². The number of halogens is 1. The third-order valence-corrected chi connectivity index (χ3v) is 3.37. The van der Waals surface area contributed by atoms with Crippen LogP contribution in [0.25, 0.3) is 0 Å². The highest BCUT2D eigenvalue weighted by Gasteiger charge is 2.07. The molecule has 0 saturated carbocycles. The minimum Gasteiger partial charge on any atom is -0.383 e. The molecule has 1 heterocycles. The van der Waals surface area contributed by atoms with Crippen LogP contribution in [0.15, 0.2) is 35.4 Å². The minimum absolute atomic E-state index is 0.0635. The zero-order valence-corrected chi connectivity index (χ0v) is 11.9. The molecule has 5 N–H and O–H groups in total. The Labute approximate surface area is 125 Å². The number of hydrogen-bond donors (Lipinski definition) is 3. The van der Waals surface area contributed by atoms with E-state index in [0.29, 0.717) is 16.3 Å². The zero-order valence-electron chi connectivity index (χ0n) is 11.0. The molecule has 0 atom stereocenters. The van der Waals surface area contributed by atoms with Gasteiger partial charge < -0.3 is 16.8 Å². The first kappa shape index (κ1) is 15.0. The quantitative estimate of drug-likeness (QED) is 0.575. The largest absolute Gasteiger partial charge is 0.383 e. The minimum atomic E-state index is -0.571. The number of aromatic nitrogens is 2. The van der Waals surface area contributed by atoms with Crippen molar-refractivity contribution < 1.29 is 9.18 Å². The van der Waals surface area contributed by atoms with Gasteiger partial charge in [0.2, 0.25) is 11.9 Å². The second kappa shape index (κ2) is 6.89. The molecule has 6 nitrogen and oxygen atoms in total. The van der Waals surface area contributed by atoms with Crippen molar-refractivity contribution in [2.24, 2.45) is 0 Å². The summed E-state index contributed by atoms with van der Waals surface area (Å²) in [4.78, 5) is 19.5. The lowest BCUT2D eigenvalue weighted by Crippen LogP contribution is -2.14. The van der Waals surface area contributed by atoms with Crippen LogP contribution in [0.5, 0.6) is 0 Å². The number of rotatable bonds is 5. The summed E-state index contributed by atoms with van der Waals surface area (Å²) in [5, 5.41) is 3.20. The average molecular weight is 307 g/mol. The van der Waals surface area contributed by atoms with Crippen LogP contribution >= 0.6 is 11.8 Å². The van der Waals surface area contributed by atoms with Crippen molar-refractivity contribution in [3.63, 3.8) is 0 Å². The maximum Gasteiger partial charge on any atom is 0.234 e. The Balaban J connectivity index is 1.92. The Kier molecular flexibility index (Phi) is 4.94. The zero-order chi connectivity index (χ0) is 15.2. The molecule has 0 unspecified atom stereocenters. The van der Waals surface area contributed by atoms with Crippen LogP contribution in [-0.2, 0) is 11.5 Å². The lowest BCUT2D eigenvalue weighted by molar-refractivity contribution is -0.113. The molecule has 1 aromatic heterocycles. The molecule has 0 spiro atoms. The van der Waals surface area contributed by atoms with Gasteiger partial charge in [0, 0.05) is 11.8 Å². The van der Waals surface area contributed by atoms with Gasteiger partial charge in [-0.25, -0.2) is 9.37 Å². The van der Waals surface area contributed by atoms with Gasteiger partial charge in [-0.3, -0.25) is 4.79 Å². The Hall–Kier alpha value is -2.35. The van der Waals surface area contributed by atoms with E-state index in [4.69, 9.17) is 11.5 Å². The van der Waals surface area contributed by atoms with E-state index in [0.717, 1.165) is 0 Å². The molecule has 0 bridgehead atoms. The van der Waals surface area contributed by atoms with Crippen LogP contribution in [0.2, 0.25) is 0 Å². The maximum atomic E-state index is 12.5. The van der Waals surface area contributed by atoms with E-state index in [9.17, 15) is 9.18 Å². The van der Waals surface area contributed by atoms with E-state index < -0.39 is 6.67 Å². The van der Waals surface area contributed by atoms with Crippen LogP contribution < -0.4 is 16.8 Å². The third-order valence-electron chi connectivity index (χ3n) is 2.46. The smallest absolute Gasteiger partial charge is 0.234 e. The topological polar surface area (TPSA) is 107 Å². The van der Waals surface area contributed by atoms with E-state index >= 15 is 0 Å². The van der Waals surface area contributed by atoms with Crippen molar-refractivity contribution in [1.29, 1.82) is 0 Å². The van der Waals surface area contributed by atoms with E-state index in [2.05, 4.69) is 15.3 Å². The number of carbonyl (C=O) groups excluding carboxylic acids is 1. The van der Waals surface area contributed by atoms with Crippen molar-refractivity contribution >= 4 is 35.1 Å². The van der Waals surface area contributed by atoms with Crippen molar-refractivity contribution in [1.82, 2.24) is 9.97 Å². The third kappa shape index (κ3) is 4.60. The van der Waals surface area contributed by atoms with Crippen LogP contribution in [-0.4, -0.2) is 21.6 Å². The highest BCUT2D eigenvalue weighted by Crippen LogP contribution is 2.19. The van der Waals surface area contributed by atoms with Crippen LogP contribution in [0.3, 0.4) is 0 Å². The summed E-state index contributed by atoms with van der Waals surface area (Å²) < 4.78 is 12.5. The highest BCUT2D eigenvalue weighted by molar-refractivity contribution is 7.99. The number of alkyl halides is 1. The predicted molar refractivity (Wildman–Crippen MR) is 81.5 cm³/mol. The van der Waals surface area contributed by atoms with Gasteiger partial charge >= 0.3 is 0 Å². The first-order valence-corrected chi connectivity index (χ1v) is 7.03. The van der Waals surface area contributed by atoms with Gasteiger partial charge in [0.15, 0.2) is 0 Å². The lowest BCUT2D eigenvalue weighted by atomic mass is 10.2. The first-order valence-electron chi connectivity index (χ1n) is 6.04. The van der Waals surface area contributed by atoms with Crippen molar-refractivity contribution in [2.75, 3.05) is 22.5 Å². The number of nitrogens with two attached hydrogens (primary N) is 2. The Morgan fingerprint density at radius 3 is 2.81 bits per heavy atom. The fraction of sp³-hybridized carbons (Fsp3) is 0.154. The SMILES string of the molecule is Nc1cc(SCC(=O)Nc2cccc(CF)c2)nc(N)n1. The number of anilines is 3. The summed E-state index contributed by atoms with van der Waals surface area (Å²) in [6.45, 7) is -0.571. The second-order valence-electron chi connectivity index (χ2n) is 4.16. The molecule has 2 rings (SSSR count). The standard InChI is InChI=1S/C13H14FN5OS/c14-6-8-2-1-3-9(4-8)17-11(20)7-21-12-5-10(15)18-13(16)19-12/h1-5H,6-7H2,(H,17,20)(H4,15,16,18,19). The number of thioether (sulfide) groups is 1. The molecule has 0 aliphatic carbocycles. The molecule has 0 radical (unpaired) electrons. The van der Waals surface area contributed by atoms with Crippen LogP contribution in [0.1, 0.15) is 5.56 Å². The highest BCUT2D eigenvalue weighted by atomic mass is 32.2. The summed E-state index contributed by atoms with van der Waals surface area (Å²) in [6, 6.07) is 8.16. The van der Waals surface area contributed by atoms with Gasteiger partial charge in [-0.1, -0.05) is 23.9 Å². The number of benzene rings is 1. The molecule has 0 aliphatic heterocycles. The molecule has 2 aromatic rings. The van der Waals surface area contributed by atoms with E-state index in [1.165, 1.54) is 17.8 Å². The maximum absolute atomic E-state index is 12.5. The fourth-order valence-corrected chi connectivity index (χ4v) is 2.32. The summed E-state index contributed by atoms with van der Waals surface area (Å²) in [5.74, 6) is 0.219. The Morgan fingerprint density at radius 1 is 1.29 bits per heavy atom. The molecule has 0 aliphatic rings. The van der Waals surface area contributed by atoms with Gasteiger partial charge in [-0.2, -0.15) is 4.98 Å². The number of hydrogen-bond acceptors (Lipinski definition) is 6. The van der Waals surface area contributed by atoms with E-state index in [1.807, 2.05) is 0 Å². The number of amides is 1. The number of nitrogens with zero attached hydrogens (tertiary/aromatic N) is 2. The monoisotopic (exact) mass is 307 g/mol. The van der Waals surface area contributed by atoms with Crippen molar-refractivity contribution in [3.05, 3.63) is 35.9 Å². The second-order valence-corrected chi connectivity index (χ2v) is 5.16. The van der Waals surface area contributed by atoms with Gasteiger partial charge in [0.1, 0.15) is 17.5 Å². The van der Waals surface area contributed by atoms with Crippen molar-refractivity contribution in [2.45, 2.75) is 11.7 Å². The summed E-state index contributed by atoms with van der Waals surface area (Å²) >= 11 is 1.19. The Morgan fingerprint density at radius 2 is 2.10 bits per heavy atom. The molecule has 21 heavy (non-hydrogen) atoms. The number of nitrogens with one attached hydrogen (secondary N) is 1. The molecular weight excluding hydrogens is 293 g/mol.